The number of benzene rings is 1. The molecule has 0 bridgehead atoms. The summed E-state index contributed by atoms with van der Waals surface area (Å²) >= 11 is 0. The number of hydrogen-bond acceptors (Lipinski definition) is 3. The van der Waals surface area contributed by atoms with Gasteiger partial charge < -0.3 is 15.4 Å². The maximum Gasteiger partial charge on any atom is 0.263 e. The van der Waals surface area contributed by atoms with Crippen molar-refractivity contribution in [3.8, 4) is 5.75 Å². The molecule has 1 aliphatic rings. The van der Waals surface area contributed by atoms with Gasteiger partial charge in [-0.25, -0.2) is 0 Å². The first-order chi connectivity index (χ1) is 9.79. The van der Waals surface area contributed by atoms with Crippen molar-refractivity contribution in [2.75, 3.05) is 13.1 Å². The monoisotopic (exact) mass is 290 g/mol. The summed E-state index contributed by atoms with van der Waals surface area (Å²) in [5.74, 6) is 0.768. The molecule has 0 saturated carbocycles. The van der Waals surface area contributed by atoms with Crippen molar-refractivity contribution in [1.29, 1.82) is 0 Å². The number of nitrogens with zero attached hydrogens (tertiary/aromatic N) is 1. The van der Waals surface area contributed by atoms with Gasteiger partial charge in [0.05, 0.1) is 0 Å². The molecule has 0 radical (unpaired) electrons. The summed E-state index contributed by atoms with van der Waals surface area (Å²) in [5, 5.41) is 0. The van der Waals surface area contributed by atoms with Crippen molar-refractivity contribution < 1.29 is 9.53 Å². The third-order valence-corrected chi connectivity index (χ3v) is 4.31. The fourth-order valence-corrected chi connectivity index (χ4v) is 2.69. The fraction of sp³-hybridized carbons (Fsp3) is 0.588. The molecule has 2 rings (SSSR count). The van der Waals surface area contributed by atoms with Crippen LogP contribution in [0.2, 0.25) is 0 Å². The summed E-state index contributed by atoms with van der Waals surface area (Å²) in [6.45, 7) is 9.46. The Morgan fingerprint density at radius 2 is 2.00 bits per heavy atom. The van der Waals surface area contributed by atoms with Crippen molar-refractivity contribution in [3.05, 3.63) is 29.8 Å². The van der Waals surface area contributed by atoms with Crippen molar-refractivity contribution >= 4 is 5.91 Å². The second kappa shape index (κ2) is 6.06. The highest BCUT2D eigenvalue weighted by Gasteiger charge is 2.36. The van der Waals surface area contributed by atoms with Gasteiger partial charge in [0, 0.05) is 19.1 Å². The first-order valence-electron chi connectivity index (χ1n) is 7.57. The van der Waals surface area contributed by atoms with Crippen LogP contribution < -0.4 is 10.5 Å². The number of piperidine rings is 1. The van der Waals surface area contributed by atoms with E-state index in [1.807, 2.05) is 43.0 Å². The van der Waals surface area contributed by atoms with Crippen LogP contribution in [0.4, 0.5) is 0 Å². The van der Waals surface area contributed by atoms with Gasteiger partial charge in [0.25, 0.3) is 5.91 Å². The summed E-state index contributed by atoms with van der Waals surface area (Å²) < 4.78 is 5.76. The Morgan fingerprint density at radius 3 is 2.57 bits per heavy atom. The van der Waals surface area contributed by atoms with Crippen molar-refractivity contribution in [1.82, 2.24) is 4.90 Å². The van der Waals surface area contributed by atoms with Crippen LogP contribution in [-0.2, 0) is 4.79 Å². The molecular weight excluding hydrogens is 264 g/mol. The largest absolute Gasteiger partial charge is 0.481 e. The highest BCUT2D eigenvalue weighted by Crippen LogP contribution is 2.28. The normalized spacial score (nSPS) is 22.7. The zero-order valence-electron chi connectivity index (χ0n) is 13.4. The number of carbonyl (C=O) groups is 1. The van der Waals surface area contributed by atoms with Gasteiger partial charge in [-0.1, -0.05) is 31.5 Å². The van der Waals surface area contributed by atoms with Gasteiger partial charge in [0.1, 0.15) is 5.75 Å². The molecule has 0 aliphatic carbocycles. The zero-order chi connectivity index (χ0) is 15.6. The number of carbonyl (C=O) groups excluding carboxylic acids is 1. The molecule has 2 atom stereocenters. The molecule has 0 aromatic heterocycles. The molecule has 1 amide bonds. The lowest BCUT2D eigenvalue weighted by atomic mass is 9.79. The van der Waals surface area contributed by atoms with E-state index in [1.165, 1.54) is 5.56 Å². The van der Waals surface area contributed by atoms with Gasteiger partial charge in [-0.2, -0.15) is 0 Å². The van der Waals surface area contributed by atoms with Crippen molar-refractivity contribution in [3.63, 3.8) is 0 Å². The van der Waals surface area contributed by atoms with Crippen LogP contribution in [0.25, 0.3) is 0 Å². The number of aryl methyl sites for hydroxylation is 1. The lowest BCUT2D eigenvalue weighted by Gasteiger charge is -2.43. The predicted molar refractivity (Wildman–Crippen MR) is 84.2 cm³/mol. The molecule has 1 aromatic rings. The van der Waals surface area contributed by atoms with Crippen LogP contribution in [0, 0.1) is 12.3 Å². The summed E-state index contributed by atoms with van der Waals surface area (Å²) in [6.07, 6.45) is 0.369. The van der Waals surface area contributed by atoms with Crippen LogP contribution in [0.15, 0.2) is 24.3 Å². The van der Waals surface area contributed by atoms with Crippen molar-refractivity contribution in [2.45, 2.75) is 46.3 Å². The third-order valence-electron chi connectivity index (χ3n) is 4.31. The summed E-state index contributed by atoms with van der Waals surface area (Å²) in [5.41, 5.74) is 7.25. The molecule has 2 unspecified atom stereocenters. The average Bonchev–Trinajstić information content (AvgIpc) is 2.43. The second-order valence-corrected chi connectivity index (χ2v) is 6.72. The van der Waals surface area contributed by atoms with Gasteiger partial charge in [-0.05, 0) is 37.8 Å². The van der Waals surface area contributed by atoms with Crippen LogP contribution in [0.1, 0.15) is 32.8 Å². The quantitative estimate of drug-likeness (QED) is 0.929. The molecule has 1 heterocycles. The first kappa shape index (κ1) is 15.8. The van der Waals surface area contributed by atoms with Crippen LogP contribution in [0.5, 0.6) is 5.75 Å². The highest BCUT2D eigenvalue weighted by atomic mass is 16.5. The van der Waals surface area contributed by atoms with E-state index in [4.69, 9.17) is 10.5 Å². The molecule has 1 saturated heterocycles. The second-order valence-electron chi connectivity index (χ2n) is 6.72. The molecule has 4 nitrogen and oxygen atoms in total. The van der Waals surface area contributed by atoms with Crippen LogP contribution in [-0.4, -0.2) is 36.0 Å². The Balaban J connectivity index is 1.98. The smallest absolute Gasteiger partial charge is 0.263 e. The fourth-order valence-electron chi connectivity index (χ4n) is 2.69. The lowest BCUT2D eigenvalue weighted by molar-refractivity contribution is -0.141. The number of amides is 1. The zero-order valence-corrected chi connectivity index (χ0v) is 13.4. The van der Waals surface area contributed by atoms with E-state index in [-0.39, 0.29) is 17.4 Å². The molecule has 1 aromatic carbocycles. The molecule has 116 valence electrons. The standard InChI is InChI=1S/C17H26N2O2/c1-12-5-7-14(8-6-12)21-13(2)16(20)19-10-9-15(18)17(3,4)11-19/h5-8,13,15H,9-11,18H2,1-4H3. The Labute approximate surface area is 127 Å². The number of hydrogen-bond donors (Lipinski definition) is 1. The van der Waals surface area contributed by atoms with Crippen LogP contribution in [0.3, 0.4) is 0 Å². The highest BCUT2D eigenvalue weighted by molar-refractivity contribution is 5.81. The maximum absolute atomic E-state index is 12.5. The van der Waals surface area contributed by atoms with Gasteiger partial charge in [-0.15, -0.1) is 0 Å². The first-order valence-corrected chi connectivity index (χ1v) is 7.57. The van der Waals surface area contributed by atoms with E-state index in [0.717, 1.165) is 12.2 Å². The van der Waals surface area contributed by atoms with E-state index in [0.29, 0.717) is 13.1 Å². The molecule has 4 heteroatoms. The number of rotatable bonds is 3. The molecule has 1 fully saturated rings. The molecular formula is C17H26N2O2. The SMILES string of the molecule is Cc1ccc(OC(C)C(=O)N2CCC(N)C(C)(C)C2)cc1. The van der Waals surface area contributed by atoms with Gasteiger partial charge >= 0.3 is 0 Å². The van der Waals surface area contributed by atoms with Crippen LogP contribution >= 0.6 is 0 Å². The average molecular weight is 290 g/mol. The molecule has 2 N–H and O–H groups in total. The Morgan fingerprint density at radius 1 is 1.38 bits per heavy atom. The van der Waals surface area contributed by atoms with Gasteiger partial charge in [0.15, 0.2) is 6.10 Å². The Hall–Kier alpha value is -1.55. The van der Waals surface area contributed by atoms with Gasteiger partial charge in [0.2, 0.25) is 0 Å². The Bertz CT molecular complexity index is 496. The summed E-state index contributed by atoms with van der Waals surface area (Å²) in [4.78, 5) is 14.4. The summed E-state index contributed by atoms with van der Waals surface area (Å²) in [6, 6.07) is 7.91. The minimum atomic E-state index is -0.474. The Kier molecular flexibility index (Phi) is 4.57. The molecule has 1 aliphatic heterocycles. The van der Waals surface area contributed by atoms with E-state index in [9.17, 15) is 4.79 Å². The number of nitrogens with two attached hydrogens (primary N) is 1. The van der Waals surface area contributed by atoms with E-state index < -0.39 is 6.10 Å². The van der Waals surface area contributed by atoms with E-state index in [2.05, 4.69) is 13.8 Å². The third kappa shape index (κ3) is 3.76. The lowest BCUT2D eigenvalue weighted by Crippen LogP contribution is -2.56. The van der Waals surface area contributed by atoms with E-state index in [1.54, 1.807) is 0 Å². The topological polar surface area (TPSA) is 55.6 Å². The molecule has 21 heavy (non-hydrogen) atoms. The summed E-state index contributed by atoms with van der Waals surface area (Å²) in [7, 11) is 0. The molecule has 0 spiro atoms. The predicted octanol–water partition coefficient (Wildman–Crippen LogP) is 2.35. The van der Waals surface area contributed by atoms with Crippen molar-refractivity contribution in [2.24, 2.45) is 11.1 Å². The number of likely N-dealkylation sites (tertiary alicyclic amines) is 1. The van der Waals surface area contributed by atoms with E-state index >= 15 is 0 Å². The minimum Gasteiger partial charge on any atom is -0.481 e. The van der Waals surface area contributed by atoms with Gasteiger partial charge in [-0.3, -0.25) is 4.79 Å². The minimum absolute atomic E-state index is 0.0375. The number of ether oxygens (including phenoxy) is 1. The maximum atomic E-state index is 12.5.